The molecule has 0 aliphatic rings. The summed E-state index contributed by atoms with van der Waals surface area (Å²) < 4.78 is 3.67. The maximum Gasteiger partial charge on any atom is 0.113 e. The molecular formula is C18H23N5O. The highest BCUT2D eigenvalue weighted by Gasteiger charge is 2.16. The number of rotatable bonds is 7. The molecule has 0 fully saturated rings. The van der Waals surface area contributed by atoms with E-state index >= 15 is 0 Å². The third-order valence-corrected chi connectivity index (χ3v) is 4.02. The molecule has 2 heterocycles. The zero-order valence-corrected chi connectivity index (χ0v) is 14.1. The standard InChI is InChI=1S/C18H23N5O/c1-14(2)10-16(13-24)23-12-18(20-21-23)17-7-4-3-6-15(17)11-22-9-5-8-19-22/h3-9,12,14,16,24H,10-11,13H2,1-2H3/t16-/m0/s1. The molecule has 0 amide bonds. The van der Waals surface area contributed by atoms with Crippen molar-refractivity contribution >= 4 is 0 Å². The molecule has 0 aliphatic heterocycles. The van der Waals surface area contributed by atoms with Crippen molar-refractivity contribution < 1.29 is 5.11 Å². The van der Waals surface area contributed by atoms with Crippen LogP contribution >= 0.6 is 0 Å². The van der Waals surface area contributed by atoms with E-state index in [1.54, 1.807) is 10.9 Å². The number of aromatic nitrogens is 5. The highest BCUT2D eigenvalue weighted by atomic mass is 16.3. The lowest BCUT2D eigenvalue weighted by atomic mass is 10.0. The molecule has 0 aliphatic carbocycles. The second-order valence-corrected chi connectivity index (χ2v) is 6.41. The van der Waals surface area contributed by atoms with Gasteiger partial charge in [0.25, 0.3) is 0 Å². The number of hydrogen-bond donors (Lipinski definition) is 1. The fourth-order valence-corrected chi connectivity index (χ4v) is 2.87. The molecule has 0 spiro atoms. The second-order valence-electron chi connectivity index (χ2n) is 6.41. The van der Waals surface area contributed by atoms with E-state index in [-0.39, 0.29) is 12.6 Å². The Morgan fingerprint density at radius 3 is 2.71 bits per heavy atom. The average Bonchev–Trinajstić information content (AvgIpc) is 3.24. The van der Waals surface area contributed by atoms with Gasteiger partial charge in [0.15, 0.2) is 0 Å². The van der Waals surface area contributed by atoms with E-state index in [1.165, 1.54) is 0 Å². The van der Waals surface area contributed by atoms with Crippen LogP contribution in [-0.4, -0.2) is 36.5 Å². The van der Waals surface area contributed by atoms with Crippen LogP contribution in [0.15, 0.2) is 48.9 Å². The Bertz CT molecular complexity index is 763. The van der Waals surface area contributed by atoms with E-state index in [4.69, 9.17) is 0 Å². The van der Waals surface area contributed by atoms with Crippen molar-refractivity contribution in [2.45, 2.75) is 32.9 Å². The first-order valence-corrected chi connectivity index (χ1v) is 8.25. The van der Waals surface area contributed by atoms with Gasteiger partial charge < -0.3 is 5.11 Å². The average molecular weight is 325 g/mol. The number of aliphatic hydroxyl groups excluding tert-OH is 1. The summed E-state index contributed by atoms with van der Waals surface area (Å²) in [7, 11) is 0. The van der Waals surface area contributed by atoms with Crippen molar-refractivity contribution in [2.24, 2.45) is 5.92 Å². The van der Waals surface area contributed by atoms with E-state index in [9.17, 15) is 5.11 Å². The van der Waals surface area contributed by atoms with Crippen LogP contribution in [0.3, 0.4) is 0 Å². The van der Waals surface area contributed by atoms with Crippen LogP contribution in [0.2, 0.25) is 0 Å². The first kappa shape index (κ1) is 16.4. The van der Waals surface area contributed by atoms with E-state index in [1.807, 2.05) is 41.3 Å². The number of benzene rings is 1. The molecule has 6 nitrogen and oxygen atoms in total. The molecule has 126 valence electrons. The van der Waals surface area contributed by atoms with Gasteiger partial charge in [-0.1, -0.05) is 43.3 Å². The summed E-state index contributed by atoms with van der Waals surface area (Å²) in [6.07, 6.45) is 6.51. The van der Waals surface area contributed by atoms with Crippen LogP contribution in [0.25, 0.3) is 11.3 Å². The van der Waals surface area contributed by atoms with Crippen LogP contribution in [0.4, 0.5) is 0 Å². The van der Waals surface area contributed by atoms with Crippen LogP contribution < -0.4 is 0 Å². The minimum atomic E-state index is -0.0375. The molecule has 3 rings (SSSR count). The summed E-state index contributed by atoms with van der Waals surface area (Å²) >= 11 is 0. The zero-order chi connectivity index (χ0) is 16.9. The fourth-order valence-electron chi connectivity index (χ4n) is 2.87. The fraction of sp³-hybridized carbons (Fsp3) is 0.389. The van der Waals surface area contributed by atoms with Gasteiger partial charge >= 0.3 is 0 Å². The number of hydrogen-bond acceptors (Lipinski definition) is 4. The highest BCUT2D eigenvalue weighted by molar-refractivity contribution is 5.62. The molecule has 3 aromatic rings. The van der Waals surface area contributed by atoms with Crippen molar-refractivity contribution in [2.75, 3.05) is 6.61 Å². The number of nitrogens with zero attached hydrogens (tertiary/aromatic N) is 5. The van der Waals surface area contributed by atoms with Gasteiger partial charge in [0.2, 0.25) is 0 Å². The van der Waals surface area contributed by atoms with E-state index < -0.39 is 0 Å². The van der Waals surface area contributed by atoms with Crippen LogP contribution in [0, 0.1) is 5.92 Å². The largest absolute Gasteiger partial charge is 0.394 e. The molecule has 0 saturated heterocycles. The highest BCUT2D eigenvalue weighted by Crippen LogP contribution is 2.24. The predicted molar refractivity (Wildman–Crippen MR) is 92.4 cm³/mol. The summed E-state index contributed by atoms with van der Waals surface area (Å²) in [4.78, 5) is 0. The third-order valence-electron chi connectivity index (χ3n) is 4.02. The van der Waals surface area contributed by atoms with E-state index in [0.29, 0.717) is 12.5 Å². The van der Waals surface area contributed by atoms with Crippen molar-refractivity contribution in [3.8, 4) is 11.3 Å². The van der Waals surface area contributed by atoms with Crippen molar-refractivity contribution in [1.29, 1.82) is 0 Å². The normalized spacial score (nSPS) is 12.7. The SMILES string of the molecule is CC(C)C[C@@H](CO)n1cc(-c2ccccc2Cn2cccn2)nn1. The van der Waals surface area contributed by atoms with Crippen LogP contribution in [-0.2, 0) is 6.54 Å². The minimum absolute atomic E-state index is 0.0375. The van der Waals surface area contributed by atoms with Crippen molar-refractivity contribution in [3.63, 3.8) is 0 Å². The Morgan fingerprint density at radius 1 is 1.17 bits per heavy atom. The Kier molecular flexibility index (Phi) is 5.05. The summed E-state index contributed by atoms with van der Waals surface area (Å²) in [5.41, 5.74) is 3.00. The molecule has 1 atom stereocenters. The predicted octanol–water partition coefficient (Wildman–Crippen LogP) is 2.77. The van der Waals surface area contributed by atoms with Crippen LogP contribution in [0.1, 0.15) is 31.9 Å². The Hall–Kier alpha value is -2.47. The maximum atomic E-state index is 9.63. The van der Waals surface area contributed by atoms with Gasteiger partial charge in [-0.3, -0.25) is 4.68 Å². The Morgan fingerprint density at radius 2 is 2.00 bits per heavy atom. The smallest absolute Gasteiger partial charge is 0.113 e. The molecule has 1 N–H and O–H groups in total. The summed E-state index contributed by atoms with van der Waals surface area (Å²) in [6, 6.07) is 10.0. The zero-order valence-electron chi connectivity index (χ0n) is 14.1. The third kappa shape index (κ3) is 3.71. The second kappa shape index (κ2) is 7.40. The van der Waals surface area contributed by atoms with Crippen molar-refractivity contribution in [1.82, 2.24) is 24.8 Å². The Balaban J connectivity index is 1.87. The lowest BCUT2D eigenvalue weighted by Crippen LogP contribution is -2.16. The molecule has 0 radical (unpaired) electrons. The topological polar surface area (TPSA) is 68.8 Å². The van der Waals surface area contributed by atoms with Gasteiger partial charge in [-0.2, -0.15) is 5.10 Å². The summed E-state index contributed by atoms with van der Waals surface area (Å²) in [6.45, 7) is 5.03. The molecule has 2 aromatic heterocycles. The number of aliphatic hydroxyl groups is 1. The van der Waals surface area contributed by atoms with E-state index in [2.05, 4.69) is 35.3 Å². The molecule has 0 saturated carbocycles. The molecule has 24 heavy (non-hydrogen) atoms. The summed E-state index contributed by atoms with van der Waals surface area (Å²) in [5, 5.41) is 22.5. The lowest BCUT2D eigenvalue weighted by Gasteiger charge is -2.15. The quantitative estimate of drug-likeness (QED) is 0.725. The molecular weight excluding hydrogens is 302 g/mol. The molecule has 1 aromatic carbocycles. The van der Waals surface area contributed by atoms with Crippen molar-refractivity contribution in [3.05, 3.63) is 54.5 Å². The lowest BCUT2D eigenvalue weighted by molar-refractivity contribution is 0.196. The van der Waals surface area contributed by atoms with Gasteiger partial charge in [-0.05, 0) is 24.0 Å². The first-order chi connectivity index (χ1) is 11.7. The van der Waals surface area contributed by atoms with Crippen LogP contribution in [0.5, 0.6) is 0 Å². The molecule has 0 unspecified atom stereocenters. The van der Waals surface area contributed by atoms with Gasteiger partial charge in [-0.15, -0.1) is 5.10 Å². The monoisotopic (exact) mass is 325 g/mol. The van der Waals surface area contributed by atoms with Gasteiger partial charge in [0, 0.05) is 18.0 Å². The summed E-state index contributed by atoms with van der Waals surface area (Å²) in [5.74, 6) is 0.488. The van der Waals surface area contributed by atoms with Gasteiger partial charge in [0.05, 0.1) is 25.4 Å². The van der Waals surface area contributed by atoms with Gasteiger partial charge in [0.1, 0.15) is 5.69 Å². The first-order valence-electron chi connectivity index (χ1n) is 8.25. The van der Waals surface area contributed by atoms with E-state index in [0.717, 1.165) is 23.2 Å². The molecule has 0 bridgehead atoms. The van der Waals surface area contributed by atoms with Gasteiger partial charge in [-0.25, -0.2) is 4.68 Å². The maximum absolute atomic E-state index is 9.63. The molecule has 6 heteroatoms. The minimum Gasteiger partial charge on any atom is -0.394 e. The Labute approximate surface area is 141 Å².